The number of nitrogens with zero attached hydrogens (tertiary/aromatic N) is 1. The summed E-state index contributed by atoms with van der Waals surface area (Å²) in [6.07, 6.45) is 4.95. The van der Waals surface area contributed by atoms with Crippen LogP contribution in [0, 0.1) is 39.9 Å². The zero-order valence-corrected chi connectivity index (χ0v) is 15.1. The third-order valence-corrected chi connectivity index (χ3v) is 8.20. The highest BCUT2D eigenvalue weighted by molar-refractivity contribution is 5.92. The highest BCUT2D eigenvalue weighted by Crippen LogP contribution is 2.67. The predicted molar refractivity (Wildman–Crippen MR) is 93.2 cm³/mol. The van der Waals surface area contributed by atoms with E-state index in [0.29, 0.717) is 19.3 Å². The van der Waals surface area contributed by atoms with Crippen molar-refractivity contribution in [1.82, 2.24) is 0 Å². The summed E-state index contributed by atoms with van der Waals surface area (Å²) in [6.45, 7) is 8.41. The number of rotatable bonds is 0. The number of allylic oxidation sites excluding steroid dienone is 2. The summed E-state index contributed by atoms with van der Waals surface area (Å²) in [7, 11) is 0. The molecule has 4 nitrogen and oxygen atoms in total. The topological polar surface area (TPSA) is 81.3 Å². The quantitative estimate of drug-likeness (QED) is 0.664. The van der Waals surface area contributed by atoms with Crippen molar-refractivity contribution in [3.63, 3.8) is 0 Å². The predicted octanol–water partition coefficient (Wildman–Crippen LogP) is 2.91. The van der Waals surface area contributed by atoms with E-state index in [2.05, 4.69) is 19.6 Å². The fourth-order valence-corrected chi connectivity index (χ4v) is 6.89. The van der Waals surface area contributed by atoms with Gasteiger partial charge in [0, 0.05) is 11.8 Å². The molecular weight excluding hydrogens is 314 g/mol. The van der Waals surface area contributed by atoms with Gasteiger partial charge in [0.05, 0.1) is 12.2 Å². The third kappa shape index (κ3) is 1.97. The Morgan fingerprint density at radius 3 is 2.76 bits per heavy atom. The van der Waals surface area contributed by atoms with Crippen LogP contribution in [0.5, 0.6) is 0 Å². The Bertz CT molecular complexity index is 734. The molecule has 0 aromatic heterocycles. The lowest BCUT2D eigenvalue weighted by molar-refractivity contribution is -0.151. The van der Waals surface area contributed by atoms with Gasteiger partial charge in [0.1, 0.15) is 0 Å². The minimum Gasteiger partial charge on any atom is -0.393 e. The normalized spacial score (nSPS) is 51.9. The van der Waals surface area contributed by atoms with Gasteiger partial charge in [-0.25, -0.2) is 0 Å². The number of fused-ring (bicyclic) bond motifs is 5. The molecule has 7 atom stereocenters. The van der Waals surface area contributed by atoms with Crippen LogP contribution in [0.1, 0.15) is 52.4 Å². The molecule has 0 radical (unpaired) electrons. The van der Waals surface area contributed by atoms with E-state index in [4.69, 9.17) is 0 Å². The Morgan fingerprint density at radius 2 is 2.08 bits per heavy atom. The molecule has 3 saturated carbocycles. The maximum atomic E-state index is 12.0. The highest BCUT2D eigenvalue weighted by Gasteiger charge is 2.67. The van der Waals surface area contributed by atoms with Crippen LogP contribution in [0.4, 0.5) is 0 Å². The van der Waals surface area contributed by atoms with Gasteiger partial charge in [0.2, 0.25) is 0 Å². The third-order valence-electron chi connectivity index (χ3n) is 8.20. The lowest BCUT2D eigenvalue weighted by atomic mass is 9.45. The van der Waals surface area contributed by atoms with Crippen LogP contribution in [-0.2, 0) is 4.79 Å². The Balaban J connectivity index is 1.81. The first-order valence-corrected chi connectivity index (χ1v) is 9.41. The van der Waals surface area contributed by atoms with Gasteiger partial charge in [-0.05, 0) is 66.9 Å². The molecule has 0 aromatic carbocycles. The van der Waals surface area contributed by atoms with Gasteiger partial charge >= 0.3 is 0 Å². The number of nitriles is 1. The number of carbonyl (C=O) groups excluding carboxylic acids is 1. The van der Waals surface area contributed by atoms with Crippen LogP contribution in [0.25, 0.3) is 0 Å². The molecule has 0 spiro atoms. The van der Waals surface area contributed by atoms with Gasteiger partial charge in [0.25, 0.3) is 0 Å². The first-order valence-electron chi connectivity index (χ1n) is 9.41. The molecule has 0 aliphatic heterocycles. The van der Waals surface area contributed by atoms with E-state index in [1.54, 1.807) is 6.08 Å². The Morgan fingerprint density at radius 1 is 1.36 bits per heavy atom. The van der Waals surface area contributed by atoms with E-state index in [9.17, 15) is 20.3 Å². The van der Waals surface area contributed by atoms with Crippen molar-refractivity contribution in [3.05, 3.63) is 23.8 Å². The monoisotopic (exact) mass is 341 g/mol. The van der Waals surface area contributed by atoms with Gasteiger partial charge in [-0.2, -0.15) is 5.26 Å². The molecule has 0 saturated heterocycles. The lowest BCUT2D eigenvalue weighted by Gasteiger charge is -2.60. The fourth-order valence-electron chi connectivity index (χ4n) is 6.89. The zero-order chi connectivity index (χ0) is 18.2. The average molecular weight is 341 g/mol. The molecule has 4 aliphatic carbocycles. The van der Waals surface area contributed by atoms with E-state index in [1.807, 2.05) is 6.92 Å². The number of carbonyl (C=O) groups is 1. The largest absolute Gasteiger partial charge is 0.393 e. The minimum atomic E-state index is -1.36. The lowest BCUT2D eigenvalue weighted by Crippen LogP contribution is -2.59. The van der Waals surface area contributed by atoms with Crippen LogP contribution >= 0.6 is 0 Å². The Kier molecular flexibility index (Phi) is 3.43. The molecule has 4 rings (SSSR count). The van der Waals surface area contributed by atoms with Gasteiger partial charge < -0.3 is 10.2 Å². The molecule has 2 N–H and O–H groups in total. The number of hydrogen-bond acceptors (Lipinski definition) is 4. The fraction of sp³-hybridized carbons (Fsp3) is 0.714. The smallest absolute Gasteiger partial charge is 0.156 e. The van der Waals surface area contributed by atoms with Crippen LogP contribution in [0.2, 0.25) is 0 Å². The number of aliphatic hydroxyl groups is 2. The summed E-state index contributed by atoms with van der Waals surface area (Å²) in [5, 5.41) is 31.6. The SMILES string of the molecule is C=C1C[C@@H]2[C@H]([C@@H](O)C[C@@]3(C)[C@H]2CC[C@]3(O)C#N)[C@@]2(C)CCC(=O)C=C12. The molecular formula is C21H27NO3. The van der Waals surface area contributed by atoms with E-state index in [1.165, 1.54) is 0 Å². The molecule has 3 fully saturated rings. The summed E-state index contributed by atoms with van der Waals surface area (Å²) in [5.74, 6) is 0.635. The summed E-state index contributed by atoms with van der Waals surface area (Å²) in [4.78, 5) is 12.0. The molecule has 4 aliphatic rings. The van der Waals surface area contributed by atoms with E-state index in [0.717, 1.165) is 30.4 Å². The van der Waals surface area contributed by atoms with Crippen LogP contribution in [0.15, 0.2) is 23.8 Å². The number of ketones is 1. The second kappa shape index (κ2) is 5.05. The summed E-state index contributed by atoms with van der Waals surface area (Å²) in [5.41, 5.74) is -0.140. The van der Waals surface area contributed by atoms with E-state index in [-0.39, 0.29) is 29.0 Å². The van der Waals surface area contributed by atoms with Crippen molar-refractivity contribution in [3.8, 4) is 6.07 Å². The van der Waals surface area contributed by atoms with Crippen molar-refractivity contribution >= 4 is 5.78 Å². The van der Waals surface area contributed by atoms with Gasteiger partial charge in [0.15, 0.2) is 11.4 Å². The van der Waals surface area contributed by atoms with Crippen molar-refractivity contribution in [1.29, 1.82) is 5.26 Å². The van der Waals surface area contributed by atoms with Gasteiger partial charge in [-0.1, -0.05) is 26.0 Å². The maximum absolute atomic E-state index is 12.0. The summed E-state index contributed by atoms with van der Waals surface area (Å²) in [6, 6.07) is 2.14. The summed E-state index contributed by atoms with van der Waals surface area (Å²) < 4.78 is 0. The van der Waals surface area contributed by atoms with Crippen LogP contribution in [0.3, 0.4) is 0 Å². The van der Waals surface area contributed by atoms with Crippen molar-refractivity contribution in [2.24, 2.45) is 28.6 Å². The number of hydrogen-bond donors (Lipinski definition) is 2. The van der Waals surface area contributed by atoms with Gasteiger partial charge in [-0.15, -0.1) is 0 Å². The minimum absolute atomic E-state index is 0.0662. The highest BCUT2D eigenvalue weighted by atomic mass is 16.3. The van der Waals surface area contributed by atoms with Crippen LogP contribution < -0.4 is 0 Å². The molecule has 0 aromatic rings. The van der Waals surface area contributed by atoms with E-state index >= 15 is 0 Å². The van der Waals surface area contributed by atoms with Crippen molar-refractivity contribution < 1.29 is 15.0 Å². The molecule has 134 valence electrons. The van der Waals surface area contributed by atoms with Crippen molar-refractivity contribution in [2.75, 3.05) is 0 Å². The van der Waals surface area contributed by atoms with Crippen molar-refractivity contribution in [2.45, 2.75) is 64.1 Å². The molecule has 4 heteroatoms. The molecule has 0 bridgehead atoms. The standard InChI is InChI=1S/C21H27NO3/c1-12-8-14-15-5-7-21(25,11-22)20(15,3)10-17(24)18(14)19(2)6-4-13(23)9-16(12)19/h9,14-15,17-18,24-25H,1,4-8,10H2,2-3H3/t14-,15-,17-,18+,19-,20-,21-/m0/s1. The van der Waals surface area contributed by atoms with Crippen LogP contribution in [-0.4, -0.2) is 27.7 Å². The molecule has 0 unspecified atom stereocenters. The zero-order valence-electron chi connectivity index (χ0n) is 15.1. The molecule has 25 heavy (non-hydrogen) atoms. The number of aliphatic hydroxyl groups excluding tert-OH is 1. The van der Waals surface area contributed by atoms with Gasteiger partial charge in [-0.3, -0.25) is 4.79 Å². The maximum Gasteiger partial charge on any atom is 0.156 e. The first-order chi connectivity index (χ1) is 11.7. The Hall–Kier alpha value is -1.44. The molecule has 0 heterocycles. The summed E-state index contributed by atoms with van der Waals surface area (Å²) >= 11 is 0. The second-order valence-corrected chi connectivity index (χ2v) is 9.25. The first kappa shape index (κ1) is 17.0. The second-order valence-electron chi connectivity index (χ2n) is 9.25. The molecule has 0 amide bonds. The van der Waals surface area contributed by atoms with E-state index < -0.39 is 17.1 Å². The average Bonchev–Trinajstić information content (AvgIpc) is 2.81. The Labute approximate surface area is 149 Å².